The molecule has 3 N–H and O–H groups in total. The van der Waals surface area contributed by atoms with Crippen LogP contribution in [0.25, 0.3) is 0 Å². The molecule has 3 heteroatoms. The monoisotopic (exact) mass is 254 g/mol. The SMILES string of the molecule is CC(C)(CCN)CNC(=O)CCC1CCCCC1. The first kappa shape index (κ1) is 15.5. The molecule has 0 aromatic rings. The van der Waals surface area contributed by atoms with Gasteiger partial charge in [-0.15, -0.1) is 0 Å². The van der Waals surface area contributed by atoms with E-state index in [1.54, 1.807) is 0 Å². The van der Waals surface area contributed by atoms with Crippen molar-refractivity contribution in [1.29, 1.82) is 0 Å². The Bertz CT molecular complexity index is 245. The minimum Gasteiger partial charge on any atom is -0.356 e. The number of hydrogen-bond acceptors (Lipinski definition) is 2. The van der Waals surface area contributed by atoms with Crippen LogP contribution in [-0.4, -0.2) is 19.0 Å². The molecule has 0 unspecified atom stereocenters. The van der Waals surface area contributed by atoms with Gasteiger partial charge in [0.15, 0.2) is 0 Å². The number of hydrogen-bond donors (Lipinski definition) is 2. The highest BCUT2D eigenvalue weighted by Crippen LogP contribution is 2.27. The fourth-order valence-electron chi connectivity index (χ4n) is 2.72. The van der Waals surface area contributed by atoms with E-state index in [0.717, 1.165) is 25.3 Å². The molecule has 3 nitrogen and oxygen atoms in total. The van der Waals surface area contributed by atoms with Gasteiger partial charge in [-0.3, -0.25) is 4.79 Å². The van der Waals surface area contributed by atoms with Gasteiger partial charge in [0.05, 0.1) is 0 Å². The van der Waals surface area contributed by atoms with E-state index in [9.17, 15) is 4.79 Å². The number of rotatable bonds is 7. The quantitative estimate of drug-likeness (QED) is 0.734. The molecule has 0 bridgehead atoms. The summed E-state index contributed by atoms with van der Waals surface area (Å²) in [6.45, 7) is 5.74. The Kier molecular flexibility index (Phi) is 6.69. The first-order valence-corrected chi connectivity index (χ1v) is 7.50. The lowest BCUT2D eigenvalue weighted by atomic mass is 9.86. The zero-order valence-electron chi connectivity index (χ0n) is 12.1. The summed E-state index contributed by atoms with van der Waals surface area (Å²) in [7, 11) is 0. The number of nitrogens with two attached hydrogens (primary N) is 1. The van der Waals surface area contributed by atoms with E-state index in [4.69, 9.17) is 5.73 Å². The molecule has 0 heterocycles. The van der Waals surface area contributed by atoms with Crippen LogP contribution in [-0.2, 0) is 4.79 Å². The van der Waals surface area contributed by atoms with Crippen molar-refractivity contribution in [3.8, 4) is 0 Å². The minimum absolute atomic E-state index is 0.120. The van der Waals surface area contributed by atoms with Crippen LogP contribution in [0.5, 0.6) is 0 Å². The van der Waals surface area contributed by atoms with Gasteiger partial charge in [0.25, 0.3) is 0 Å². The van der Waals surface area contributed by atoms with Gasteiger partial charge < -0.3 is 11.1 Å². The zero-order chi connectivity index (χ0) is 13.4. The highest BCUT2D eigenvalue weighted by molar-refractivity contribution is 5.75. The largest absolute Gasteiger partial charge is 0.356 e. The standard InChI is InChI=1S/C15H30N2O/c1-15(2,10-11-16)12-17-14(18)9-8-13-6-4-3-5-7-13/h13H,3-12,16H2,1-2H3,(H,17,18). The predicted molar refractivity (Wildman–Crippen MR) is 76.3 cm³/mol. The lowest BCUT2D eigenvalue weighted by Crippen LogP contribution is -2.35. The molecule has 0 aromatic heterocycles. The van der Waals surface area contributed by atoms with E-state index in [0.29, 0.717) is 13.0 Å². The predicted octanol–water partition coefficient (Wildman–Crippen LogP) is 2.84. The number of amides is 1. The molecule has 0 radical (unpaired) electrons. The second kappa shape index (κ2) is 7.78. The van der Waals surface area contributed by atoms with Crippen molar-refractivity contribution >= 4 is 5.91 Å². The molecule has 18 heavy (non-hydrogen) atoms. The maximum absolute atomic E-state index is 11.8. The summed E-state index contributed by atoms with van der Waals surface area (Å²) < 4.78 is 0. The summed E-state index contributed by atoms with van der Waals surface area (Å²) in [5.74, 6) is 1.01. The summed E-state index contributed by atoms with van der Waals surface area (Å²) in [5.41, 5.74) is 5.68. The summed E-state index contributed by atoms with van der Waals surface area (Å²) in [6, 6.07) is 0. The normalized spacial score (nSPS) is 17.7. The summed E-state index contributed by atoms with van der Waals surface area (Å²) in [5, 5.41) is 3.05. The molecule has 1 saturated carbocycles. The zero-order valence-corrected chi connectivity index (χ0v) is 12.1. The fourth-order valence-corrected chi connectivity index (χ4v) is 2.72. The highest BCUT2D eigenvalue weighted by Gasteiger charge is 2.19. The molecule has 0 atom stereocenters. The van der Waals surface area contributed by atoms with Crippen molar-refractivity contribution in [2.45, 2.75) is 65.2 Å². The van der Waals surface area contributed by atoms with E-state index >= 15 is 0 Å². The second-order valence-electron chi connectivity index (χ2n) is 6.52. The number of nitrogens with one attached hydrogen (secondary N) is 1. The second-order valence-corrected chi connectivity index (χ2v) is 6.52. The van der Waals surface area contributed by atoms with Gasteiger partial charge in [-0.05, 0) is 30.7 Å². The first-order chi connectivity index (χ1) is 8.53. The maximum atomic E-state index is 11.8. The van der Waals surface area contributed by atoms with E-state index in [2.05, 4.69) is 19.2 Å². The Morgan fingerprint density at radius 2 is 1.94 bits per heavy atom. The molecule has 1 amide bonds. The molecule has 106 valence electrons. The average Bonchev–Trinajstić information content (AvgIpc) is 2.35. The van der Waals surface area contributed by atoms with Gasteiger partial charge in [-0.25, -0.2) is 0 Å². The smallest absolute Gasteiger partial charge is 0.220 e. The van der Waals surface area contributed by atoms with Crippen molar-refractivity contribution in [2.75, 3.05) is 13.1 Å². The van der Waals surface area contributed by atoms with Crippen LogP contribution >= 0.6 is 0 Å². The highest BCUT2D eigenvalue weighted by atomic mass is 16.1. The van der Waals surface area contributed by atoms with Crippen LogP contribution in [0, 0.1) is 11.3 Å². The van der Waals surface area contributed by atoms with Crippen molar-refractivity contribution < 1.29 is 4.79 Å². The lowest BCUT2D eigenvalue weighted by molar-refractivity contribution is -0.121. The van der Waals surface area contributed by atoms with Gasteiger partial charge in [-0.2, -0.15) is 0 Å². The molecule has 0 spiro atoms. The summed E-state index contributed by atoms with van der Waals surface area (Å²) >= 11 is 0. The lowest BCUT2D eigenvalue weighted by Gasteiger charge is -2.25. The molecule has 1 aliphatic rings. The van der Waals surface area contributed by atoms with E-state index in [-0.39, 0.29) is 11.3 Å². The summed E-state index contributed by atoms with van der Waals surface area (Å²) in [4.78, 5) is 11.8. The van der Waals surface area contributed by atoms with Crippen LogP contribution in [0.2, 0.25) is 0 Å². The molecule has 1 fully saturated rings. The molecule has 0 aliphatic heterocycles. The van der Waals surface area contributed by atoms with Gasteiger partial charge in [-0.1, -0.05) is 46.0 Å². The molecular formula is C15H30N2O. The van der Waals surface area contributed by atoms with Crippen molar-refractivity contribution in [3.63, 3.8) is 0 Å². The molecule has 0 aromatic carbocycles. The number of carbonyl (C=O) groups is 1. The molecule has 1 rings (SSSR count). The average molecular weight is 254 g/mol. The van der Waals surface area contributed by atoms with Crippen molar-refractivity contribution in [3.05, 3.63) is 0 Å². The molecule has 0 saturated heterocycles. The Morgan fingerprint density at radius 3 is 2.56 bits per heavy atom. The Morgan fingerprint density at radius 1 is 1.28 bits per heavy atom. The Labute approximate surface area is 112 Å². The third-order valence-electron chi connectivity index (χ3n) is 4.09. The van der Waals surface area contributed by atoms with E-state index < -0.39 is 0 Å². The van der Waals surface area contributed by atoms with Gasteiger partial charge >= 0.3 is 0 Å². The topological polar surface area (TPSA) is 55.1 Å². The van der Waals surface area contributed by atoms with Gasteiger partial charge in [0, 0.05) is 13.0 Å². The van der Waals surface area contributed by atoms with Crippen LogP contribution < -0.4 is 11.1 Å². The third-order valence-corrected chi connectivity index (χ3v) is 4.09. The Hall–Kier alpha value is -0.570. The molecule has 1 aliphatic carbocycles. The Balaban J connectivity index is 2.13. The van der Waals surface area contributed by atoms with E-state index in [1.807, 2.05) is 0 Å². The van der Waals surface area contributed by atoms with Crippen molar-refractivity contribution in [1.82, 2.24) is 5.32 Å². The maximum Gasteiger partial charge on any atom is 0.220 e. The third kappa shape index (κ3) is 6.39. The van der Waals surface area contributed by atoms with Gasteiger partial charge in [0.2, 0.25) is 5.91 Å². The van der Waals surface area contributed by atoms with Gasteiger partial charge in [0.1, 0.15) is 0 Å². The number of carbonyl (C=O) groups excluding carboxylic acids is 1. The van der Waals surface area contributed by atoms with E-state index in [1.165, 1.54) is 32.1 Å². The fraction of sp³-hybridized carbons (Fsp3) is 0.933. The first-order valence-electron chi connectivity index (χ1n) is 7.50. The van der Waals surface area contributed by atoms with Crippen LogP contribution in [0.1, 0.15) is 65.2 Å². The van der Waals surface area contributed by atoms with Crippen LogP contribution in [0.15, 0.2) is 0 Å². The van der Waals surface area contributed by atoms with Crippen LogP contribution in [0.4, 0.5) is 0 Å². The minimum atomic E-state index is 0.120. The van der Waals surface area contributed by atoms with Crippen LogP contribution in [0.3, 0.4) is 0 Å². The van der Waals surface area contributed by atoms with Crippen molar-refractivity contribution in [2.24, 2.45) is 17.1 Å². The summed E-state index contributed by atoms with van der Waals surface area (Å²) in [6.07, 6.45) is 9.47. The molecular weight excluding hydrogens is 224 g/mol.